The molecule has 0 spiro atoms. The van der Waals surface area contributed by atoms with Crippen LogP contribution in [0, 0.1) is 13.8 Å². The molecule has 1 N–H and O–H groups in total. The average molecular weight is 474 g/mol. The molecule has 0 aliphatic carbocycles. The minimum absolute atomic E-state index is 0.301. The molecule has 0 saturated carbocycles. The van der Waals surface area contributed by atoms with Crippen molar-refractivity contribution in [3.05, 3.63) is 99.5 Å². The van der Waals surface area contributed by atoms with E-state index >= 15 is 0 Å². The highest BCUT2D eigenvalue weighted by Gasteiger charge is 2.13. The number of ether oxygens (including phenoxy) is 2. The standard InChI is InChI=1S/C26H23N3O4S/c1-17-6-7-18(2)29(17)21-11-9-20(10-12-21)25(30)28-27-16-19-8-13-22(23(15-19)32-3)33-26(31)24-5-4-14-34-24/h4-16H,1-3H3,(H,28,30)/b27-16+. The molecular formula is C26H23N3O4S. The van der Waals surface area contributed by atoms with Gasteiger partial charge in [-0.25, -0.2) is 10.2 Å². The number of thiophene rings is 1. The van der Waals surface area contributed by atoms with Crippen molar-refractivity contribution in [1.29, 1.82) is 0 Å². The average Bonchev–Trinajstić information content (AvgIpc) is 3.50. The van der Waals surface area contributed by atoms with Crippen LogP contribution in [0.15, 0.2) is 77.2 Å². The van der Waals surface area contributed by atoms with E-state index in [4.69, 9.17) is 9.47 Å². The molecule has 2 heterocycles. The van der Waals surface area contributed by atoms with E-state index in [1.54, 1.807) is 47.8 Å². The van der Waals surface area contributed by atoms with Crippen LogP contribution in [-0.4, -0.2) is 29.8 Å². The Morgan fingerprint density at radius 1 is 0.971 bits per heavy atom. The van der Waals surface area contributed by atoms with Crippen LogP contribution in [0.5, 0.6) is 11.5 Å². The number of carbonyl (C=O) groups is 2. The van der Waals surface area contributed by atoms with Gasteiger partial charge in [0.05, 0.1) is 13.3 Å². The van der Waals surface area contributed by atoms with Crippen molar-refractivity contribution < 1.29 is 19.1 Å². The van der Waals surface area contributed by atoms with Gasteiger partial charge in [-0.05, 0) is 85.5 Å². The maximum absolute atomic E-state index is 12.5. The maximum atomic E-state index is 12.5. The summed E-state index contributed by atoms with van der Waals surface area (Å²) in [6.07, 6.45) is 1.49. The van der Waals surface area contributed by atoms with E-state index in [1.165, 1.54) is 24.7 Å². The lowest BCUT2D eigenvalue weighted by Gasteiger charge is -2.10. The molecule has 1 amide bonds. The summed E-state index contributed by atoms with van der Waals surface area (Å²) in [6, 6.07) is 19.9. The van der Waals surface area contributed by atoms with Crippen LogP contribution in [0.25, 0.3) is 5.69 Å². The molecular weight excluding hydrogens is 450 g/mol. The number of hydrogen-bond acceptors (Lipinski definition) is 6. The highest BCUT2D eigenvalue weighted by molar-refractivity contribution is 7.12. The third-order valence-corrected chi connectivity index (χ3v) is 6.00. The molecule has 0 saturated heterocycles. The maximum Gasteiger partial charge on any atom is 0.353 e. The molecule has 34 heavy (non-hydrogen) atoms. The Kier molecular flexibility index (Phi) is 6.89. The van der Waals surface area contributed by atoms with E-state index < -0.39 is 5.97 Å². The van der Waals surface area contributed by atoms with E-state index in [-0.39, 0.29) is 5.91 Å². The minimum atomic E-state index is -0.449. The number of aromatic nitrogens is 1. The van der Waals surface area contributed by atoms with Crippen LogP contribution in [0.4, 0.5) is 0 Å². The Hall–Kier alpha value is -4.17. The van der Waals surface area contributed by atoms with Gasteiger partial charge < -0.3 is 14.0 Å². The predicted octanol–water partition coefficient (Wildman–Crippen LogP) is 5.15. The Morgan fingerprint density at radius 3 is 2.35 bits per heavy atom. The normalized spacial score (nSPS) is 10.9. The number of benzene rings is 2. The zero-order valence-corrected chi connectivity index (χ0v) is 19.8. The quantitative estimate of drug-likeness (QED) is 0.174. The first-order valence-corrected chi connectivity index (χ1v) is 11.4. The van der Waals surface area contributed by atoms with E-state index in [0.29, 0.717) is 27.5 Å². The molecule has 0 aliphatic rings. The summed E-state index contributed by atoms with van der Waals surface area (Å²) >= 11 is 1.30. The Balaban J connectivity index is 1.40. The van der Waals surface area contributed by atoms with Crippen molar-refractivity contribution in [2.75, 3.05) is 7.11 Å². The second-order valence-electron chi connectivity index (χ2n) is 7.47. The number of nitrogens with zero attached hydrogens (tertiary/aromatic N) is 2. The Morgan fingerprint density at radius 2 is 1.71 bits per heavy atom. The summed E-state index contributed by atoms with van der Waals surface area (Å²) in [4.78, 5) is 25.2. The lowest BCUT2D eigenvalue weighted by molar-refractivity contribution is 0.0734. The van der Waals surface area contributed by atoms with Crippen molar-refractivity contribution in [2.24, 2.45) is 5.10 Å². The number of hydrazone groups is 1. The summed E-state index contributed by atoms with van der Waals surface area (Å²) in [6.45, 7) is 4.08. The van der Waals surface area contributed by atoms with Gasteiger partial charge in [0, 0.05) is 22.6 Å². The predicted molar refractivity (Wildman–Crippen MR) is 133 cm³/mol. The Labute approximate surface area is 201 Å². The molecule has 172 valence electrons. The smallest absolute Gasteiger partial charge is 0.353 e. The van der Waals surface area contributed by atoms with Gasteiger partial charge in [-0.15, -0.1) is 11.3 Å². The second kappa shape index (κ2) is 10.2. The number of nitrogens with one attached hydrogen (secondary N) is 1. The molecule has 0 aliphatic heterocycles. The fourth-order valence-electron chi connectivity index (χ4n) is 3.46. The molecule has 0 unspecified atom stereocenters. The largest absolute Gasteiger partial charge is 0.493 e. The van der Waals surface area contributed by atoms with E-state index in [2.05, 4.69) is 27.2 Å². The number of rotatable bonds is 7. The fraction of sp³-hybridized carbons (Fsp3) is 0.115. The molecule has 0 fully saturated rings. The van der Waals surface area contributed by atoms with Crippen molar-refractivity contribution in [3.63, 3.8) is 0 Å². The van der Waals surface area contributed by atoms with Crippen molar-refractivity contribution in [3.8, 4) is 17.2 Å². The van der Waals surface area contributed by atoms with Crippen molar-refractivity contribution >= 4 is 29.4 Å². The highest BCUT2D eigenvalue weighted by atomic mass is 32.1. The molecule has 0 bridgehead atoms. The lowest BCUT2D eigenvalue weighted by atomic mass is 10.2. The first kappa shape index (κ1) is 23.0. The molecule has 2 aromatic heterocycles. The molecule has 4 rings (SSSR count). The topological polar surface area (TPSA) is 81.9 Å². The molecule has 0 atom stereocenters. The van der Waals surface area contributed by atoms with Crippen molar-refractivity contribution in [2.45, 2.75) is 13.8 Å². The summed E-state index contributed by atoms with van der Waals surface area (Å²) < 4.78 is 12.9. The molecule has 7 nitrogen and oxygen atoms in total. The summed E-state index contributed by atoms with van der Waals surface area (Å²) in [5, 5.41) is 5.84. The number of amides is 1. The summed E-state index contributed by atoms with van der Waals surface area (Å²) in [7, 11) is 1.49. The van der Waals surface area contributed by atoms with Gasteiger partial charge in [-0.3, -0.25) is 4.79 Å². The van der Waals surface area contributed by atoms with Gasteiger partial charge in [0.2, 0.25) is 0 Å². The van der Waals surface area contributed by atoms with Crippen LogP contribution in [0.3, 0.4) is 0 Å². The zero-order chi connectivity index (χ0) is 24.1. The summed E-state index contributed by atoms with van der Waals surface area (Å²) in [5.74, 6) is -0.0889. The monoisotopic (exact) mass is 473 g/mol. The van der Waals surface area contributed by atoms with Crippen LogP contribution in [0.2, 0.25) is 0 Å². The highest BCUT2D eigenvalue weighted by Crippen LogP contribution is 2.29. The first-order valence-electron chi connectivity index (χ1n) is 10.5. The van der Waals surface area contributed by atoms with Gasteiger partial charge in [0.1, 0.15) is 4.88 Å². The SMILES string of the molecule is COc1cc(/C=N/NC(=O)c2ccc(-n3c(C)ccc3C)cc2)ccc1OC(=O)c1cccs1. The van der Waals surface area contributed by atoms with Crippen LogP contribution >= 0.6 is 11.3 Å². The second-order valence-corrected chi connectivity index (χ2v) is 8.42. The fourth-order valence-corrected chi connectivity index (χ4v) is 4.06. The van der Waals surface area contributed by atoms with Gasteiger partial charge in [-0.2, -0.15) is 5.10 Å². The molecule has 0 radical (unpaired) electrons. The number of hydrogen-bond donors (Lipinski definition) is 1. The van der Waals surface area contributed by atoms with E-state index in [1.807, 2.05) is 26.0 Å². The summed E-state index contributed by atoms with van der Waals surface area (Å²) in [5.41, 5.74) is 6.94. The molecule has 2 aromatic carbocycles. The number of aryl methyl sites for hydroxylation is 2. The number of carbonyl (C=O) groups excluding carboxylic acids is 2. The van der Waals surface area contributed by atoms with Crippen molar-refractivity contribution in [1.82, 2.24) is 9.99 Å². The molecule has 4 aromatic rings. The van der Waals surface area contributed by atoms with Crippen LogP contribution < -0.4 is 14.9 Å². The van der Waals surface area contributed by atoms with Crippen LogP contribution in [0.1, 0.15) is 37.0 Å². The van der Waals surface area contributed by atoms with Gasteiger partial charge in [0.25, 0.3) is 5.91 Å². The zero-order valence-electron chi connectivity index (χ0n) is 18.9. The first-order chi connectivity index (χ1) is 16.5. The van der Waals surface area contributed by atoms with Gasteiger partial charge in [-0.1, -0.05) is 6.07 Å². The van der Waals surface area contributed by atoms with Crippen LogP contribution in [-0.2, 0) is 0 Å². The number of methoxy groups -OCH3 is 1. The molecule has 8 heteroatoms. The third kappa shape index (κ3) is 5.07. The van der Waals surface area contributed by atoms with E-state index in [9.17, 15) is 9.59 Å². The van der Waals surface area contributed by atoms with E-state index in [0.717, 1.165) is 17.1 Å². The third-order valence-electron chi connectivity index (χ3n) is 5.15. The van der Waals surface area contributed by atoms with Gasteiger partial charge >= 0.3 is 5.97 Å². The number of esters is 1. The Bertz CT molecular complexity index is 1320. The lowest BCUT2D eigenvalue weighted by Crippen LogP contribution is -2.17. The minimum Gasteiger partial charge on any atom is -0.493 e. The van der Waals surface area contributed by atoms with Gasteiger partial charge in [0.15, 0.2) is 11.5 Å².